The fourth-order valence-electron chi connectivity index (χ4n) is 4.59. The van der Waals surface area contributed by atoms with E-state index < -0.39 is 67.8 Å². The van der Waals surface area contributed by atoms with Crippen LogP contribution in [0.15, 0.2) is 47.5 Å². The predicted octanol–water partition coefficient (Wildman–Crippen LogP) is 2.32. The van der Waals surface area contributed by atoms with Crippen molar-refractivity contribution in [2.45, 2.75) is 77.2 Å². The van der Waals surface area contributed by atoms with Gasteiger partial charge in [0, 0.05) is 17.8 Å². The summed E-state index contributed by atoms with van der Waals surface area (Å²) in [6.45, 7) is 8.95. The summed E-state index contributed by atoms with van der Waals surface area (Å²) in [4.78, 5) is 41.0. The van der Waals surface area contributed by atoms with E-state index in [9.17, 15) is 29.2 Å². The second kappa shape index (κ2) is 12.9. The zero-order valence-electron chi connectivity index (χ0n) is 25.7. The summed E-state index contributed by atoms with van der Waals surface area (Å²) >= 11 is 0. The van der Waals surface area contributed by atoms with Crippen LogP contribution < -0.4 is 21.0 Å². The molecule has 0 spiro atoms. The third kappa shape index (κ3) is 7.72. The van der Waals surface area contributed by atoms with Crippen molar-refractivity contribution in [2.24, 2.45) is 0 Å². The standard InChI is InChI=1S/C28H38N5O11P/c1-7-40-23(35)16(2)31-45(39,44-18-8-9-19-17(14-18)10-12-32(19)26(37)43-27(3,4)5)41-15-20-22(34)28(6,38)24(42-20)33-13-11-21(29)30-25(33)36/h8-14,16,20,22,24,34,38H,7,15H2,1-6H3,(H,31,39)(H2,29,30,36)/t16-,20+,22+,24+,28+,45?/m0/s1. The maximum atomic E-state index is 14.1. The number of esters is 1. The van der Waals surface area contributed by atoms with Gasteiger partial charge in [0.15, 0.2) is 6.23 Å². The van der Waals surface area contributed by atoms with Crippen molar-refractivity contribution < 1.29 is 47.6 Å². The van der Waals surface area contributed by atoms with Crippen LogP contribution in [0, 0.1) is 0 Å². The van der Waals surface area contributed by atoms with E-state index in [0.29, 0.717) is 10.9 Å². The third-order valence-corrected chi connectivity index (χ3v) is 8.38. The first kappa shape index (κ1) is 34.1. The summed E-state index contributed by atoms with van der Waals surface area (Å²) in [6.07, 6.45) is -2.15. The van der Waals surface area contributed by atoms with Crippen molar-refractivity contribution in [3.63, 3.8) is 0 Å². The van der Waals surface area contributed by atoms with Crippen molar-refractivity contribution in [2.75, 3.05) is 18.9 Å². The monoisotopic (exact) mass is 651 g/mol. The van der Waals surface area contributed by atoms with Crippen LogP contribution in [0.4, 0.5) is 10.6 Å². The molecule has 0 radical (unpaired) electrons. The number of ether oxygens (including phenoxy) is 3. The fourth-order valence-corrected chi connectivity index (χ4v) is 6.08. The highest BCUT2D eigenvalue weighted by molar-refractivity contribution is 7.52. The van der Waals surface area contributed by atoms with E-state index >= 15 is 0 Å². The van der Waals surface area contributed by atoms with Gasteiger partial charge in [-0.2, -0.15) is 10.1 Å². The first-order valence-electron chi connectivity index (χ1n) is 14.1. The normalized spacial score (nSPS) is 23.8. The van der Waals surface area contributed by atoms with Gasteiger partial charge in [-0.1, -0.05) is 0 Å². The number of rotatable bonds is 10. The molecule has 0 amide bonds. The number of benzene rings is 1. The molecule has 3 heterocycles. The Morgan fingerprint density at radius 2 is 1.96 bits per heavy atom. The van der Waals surface area contributed by atoms with Gasteiger partial charge in [-0.25, -0.2) is 14.2 Å². The van der Waals surface area contributed by atoms with Crippen molar-refractivity contribution in [3.8, 4) is 5.75 Å². The molecule has 1 aliphatic rings. The molecule has 246 valence electrons. The summed E-state index contributed by atoms with van der Waals surface area (Å²) in [7, 11) is -4.44. The van der Waals surface area contributed by atoms with Crippen molar-refractivity contribution in [3.05, 3.63) is 53.2 Å². The van der Waals surface area contributed by atoms with E-state index in [1.165, 1.54) is 49.0 Å². The van der Waals surface area contributed by atoms with Crippen molar-refractivity contribution in [1.82, 2.24) is 19.2 Å². The number of aliphatic hydroxyl groups excluding tert-OH is 1. The number of aliphatic hydroxyl groups is 2. The Morgan fingerprint density at radius 3 is 2.60 bits per heavy atom. The van der Waals surface area contributed by atoms with Crippen LogP contribution in [0.25, 0.3) is 10.9 Å². The van der Waals surface area contributed by atoms with Crippen LogP contribution in [-0.4, -0.2) is 79.1 Å². The summed E-state index contributed by atoms with van der Waals surface area (Å²) in [5.74, 6) is -0.729. The van der Waals surface area contributed by atoms with E-state index in [4.69, 9.17) is 29.0 Å². The molecule has 0 bridgehead atoms. The maximum absolute atomic E-state index is 14.1. The van der Waals surface area contributed by atoms with E-state index in [0.717, 1.165) is 4.57 Å². The molecule has 0 saturated carbocycles. The second-order valence-electron chi connectivity index (χ2n) is 11.6. The zero-order valence-corrected chi connectivity index (χ0v) is 26.6. The molecular formula is C28H38N5O11P. The molecule has 1 saturated heterocycles. The van der Waals surface area contributed by atoms with Gasteiger partial charge >= 0.3 is 25.5 Å². The number of hydrogen-bond donors (Lipinski definition) is 4. The first-order chi connectivity index (χ1) is 20.9. The Hall–Kier alpha value is -3.79. The minimum Gasteiger partial charge on any atom is -0.465 e. The number of aromatic nitrogens is 3. The van der Waals surface area contributed by atoms with Gasteiger partial charge in [-0.3, -0.25) is 18.5 Å². The van der Waals surface area contributed by atoms with E-state index in [1.54, 1.807) is 39.8 Å². The largest absolute Gasteiger partial charge is 0.465 e. The minimum absolute atomic E-state index is 0.0474. The van der Waals surface area contributed by atoms with Gasteiger partial charge in [0.25, 0.3) is 0 Å². The number of carbonyl (C=O) groups is 2. The molecule has 6 atom stereocenters. The topological polar surface area (TPSA) is 216 Å². The summed E-state index contributed by atoms with van der Waals surface area (Å²) in [6, 6.07) is 6.29. The Bertz CT molecular complexity index is 1660. The van der Waals surface area contributed by atoms with E-state index in [1.807, 2.05) is 0 Å². The number of nitrogens with zero attached hydrogens (tertiary/aromatic N) is 3. The first-order valence-corrected chi connectivity index (χ1v) is 15.6. The maximum Gasteiger partial charge on any atom is 0.459 e. The quantitative estimate of drug-likeness (QED) is 0.183. The lowest BCUT2D eigenvalue weighted by molar-refractivity contribution is -0.144. The molecule has 17 heteroatoms. The number of fused-ring (bicyclic) bond motifs is 1. The Morgan fingerprint density at radius 1 is 1.24 bits per heavy atom. The number of nitrogens with one attached hydrogen (secondary N) is 1. The van der Waals surface area contributed by atoms with Crippen LogP contribution in [0.3, 0.4) is 0 Å². The highest BCUT2D eigenvalue weighted by Crippen LogP contribution is 2.47. The average Bonchev–Trinajstić information content (AvgIpc) is 3.45. The SMILES string of the molecule is CCOC(=O)[C@H](C)NP(=O)(OC[C@H]1O[C@@H](n2ccc(N)nc2=O)[C@](C)(O)[C@@H]1O)Oc1ccc2c(ccn2C(=O)OC(C)(C)C)c1. The van der Waals surface area contributed by atoms with Crippen molar-refractivity contribution in [1.29, 1.82) is 0 Å². The number of carbonyl (C=O) groups excluding carboxylic acids is 2. The molecule has 0 aliphatic carbocycles. The van der Waals surface area contributed by atoms with Crippen LogP contribution >= 0.6 is 7.75 Å². The highest BCUT2D eigenvalue weighted by atomic mass is 31.2. The average molecular weight is 652 g/mol. The van der Waals surface area contributed by atoms with Gasteiger partial charge < -0.3 is 34.7 Å². The summed E-state index contributed by atoms with van der Waals surface area (Å²) < 4.78 is 43.9. The summed E-state index contributed by atoms with van der Waals surface area (Å²) in [5.41, 5.74) is 2.49. The Kier molecular flexibility index (Phi) is 9.78. The number of nitrogen functional groups attached to an aromatic ring is 1. The molecule has 3 aromatic rings. The molecule has 4 rings (SSSR count). The molecule has 1 unspecified atom stereocenters. The fraction of sp³-hybridized carbons (Fsp3) is 0.500. The van der Waals surface area contributed by atoms with Crippen LogP contribution in [0.5, 0.6) is 5.75 Å². The Balaban J connectivity index is 1.57. The van der Waals surface area contributed by atoms with Gasteiger partial charge in [0.05, 0.1) is 18.7 Å². The third-order valence-electron chi connectivity index (χ3n) is 6.74. The lowest BCUT2D eigenvalue weighted by Crippen LogP contribution is -2.46. The summed E-state index contributed by atoms with van der Waals surface area (Å²) in [5, 5.41) is 25.0. The highest BCUT2D eigenvalue weighted by Gasteiger charge is 2.54. The number of hydrogen-bond acceptors (Lipinski definition) is 13. The number of anilines is 1. The van der Waals surface area contributed by atoms with E-state index in [2.05, 4.69) is 10.1 Å². The van der Waals surface area contributed by atoms with Gasteiger partial charge in [-0.05, 0) is 71.9 Å². The molecular weight excluding hydrogens is 613 g/mol. The smallest absolute Gasteiger partial charge is 0.459 e. The van der Waals surface area contributed by atoms with Crippen molar-refractivity contribution >= 4 is 36.5 Å². The molecule has 1 aromatic carbocycles. The van der Waals surface area contributed by atoms with Crippen LogP contribution in [0.2, 0.25) is 0 Å². The van der Waals surface area contributed by atoms with Crippen LogP contribution in [-0.2, 0) is 28.1 Å². The molecule has 2 aromatic heterocycles. The second-order valence-corrected chi connectivity index (χ2v) is 13.3. The lowest BCUT2D eigenvalue weighted by atomic mass is 9.96. The van der Waals surface area contributed by atoms with Gasteiger partial charge in [0.1, 0.15) is 41.0 Å². The number of nitrogens with two attached hydrogens (primary N) is 1. The lowest BCUT2D eigenvalue weighted by Gasteiger charge is -2.27. The molecule has 1 fully saturated rings. The predicted molar refractivity (Wildman–Crippen MR) is 160 cm³/mol. The molecule has 45 heavy (non-hydrogen) atoms. The molecule has 5 N–H and O–H groups in total. The van der Waals surface area contributed by atoms with E-state index in [-0.39, 0.29) is 18.2 Å². The molecule has 16 nitrogen and oxygen atoms in total. The minimum atomic E-state index is -4.44. The Labute approximate surface area is 258 Å². The molecule has 1 aliphatic heterocycles. The zero-order chi connectivity index (χ0) is 33.3. The van der Waals surface area contributed by atoms with Crippen LogP contribution in [0.1, 0.15) is 47.8 Å². The van der Waals surface area contributed by atoms with Gasteiger partial charge in [-0.15, -0.1) is 0 Å². The van der Waals surface area contributed by atoms with Gasteiger partial charge in [0.2, 0.25) is 0 Å².